The van der Waals surface area contributed by atoms with Crippen molar-refractivity contribution >= 4 is 38.6 Å². The summed E-state index contributed by atoms with van der Waals surface area (Å²) >= 11 is 0.665. The van der Waals surface area contributed by atoms with Gasteiger partial charge < -0.3 is 18.9 Å². The molecule has 0 aliphatic rings. The molecule has 0 spiro atoms. The summed E-state index contributed by atoms with van der Waals surface area (Å²) < 4.78 is 64.5. The molecule has 0 fully saturated rings. The van der Waals surface area contributed by atoms with E-state index in [9.17, 15) is 28.0 Å². The maximum atomic E-state index is 15.3. The van der Waals surface area contributed by atoms with Crippen molar-refractivity contribution in [3.05, 3.63) is 73.7 Å². The third kappa shape index (κ3) is 5.46. The molecule has 13 nitrogen and oxygen atoms in total. The number of carbonyl (C=O) groups excluding carboxylic acids is 2. The van der Waals surface area contributed by atoms with Crippen molar-refractivity contribution < 1.29 is 46.5 Å². The highest BCUT2D eigenvalue weighted by atomic mass is 32.1. The zero-order chi connectivity index (χ0) is 30.7. The molecule has 42 heavy (non-hydrogen) atoms. The van der Waals surface area contributed by atoms with E-state index in [1.807, 2.05) is 5.48 Å². The smallest absolute Gasteiger partial charge is 0.343 e. The number of fused-ring (bicyclic) bond motifs is 1. The van der Waals surface area contributed by atoms with Gasteiger partial charge in [0, 0.05) is 12.1 Å². The Hall–Kier alpha value is -5.03. The number of carbonyl (C=O) groups is 2. The van der Waals surface area contributed by atoms with Gasteiger partial charge in [0.05, 0.1) is 45.1 Å². The van der Waals surface area contributed by atoms with Gasteiger partial charge in [-0.2, -0.15) is 0 Å². The number of benzene rings is 2. The second kappa shape index (κ2) is 12.2. The molecule has 0 radical (unpaired) electrons. The minimum atomic E-state index is -1.25. The highest BCUT2D eigenvalue weighted by Gasteiger charge is 2.27. The standard InChI is InChI=1S/C25H21F3N4O9S/c1-37-14-6-5-11(26)19(28)10(14)9-41-16-8-13(12(27)7-15(16)38-2)32-22(33)17-18(23(34)39-3)21(29-24(35)31-40-4)42-20(17)30-25(32)36/h5-8H,9H2,1-4H3,(H,30,36)(H2,29,31,35). The lowest BCUT2D eigenvalue weighted by atomic mass is 10.2. The second-order valence-electron chi connectivity index (χ2n) is 8.12. The molecule has 0 saturated heterocycles. The van der Waals surface area contributed by atoms with Crippen LogP contribution in [0.15, 0.2) is 33.9 Å². The molecule has 0 atom stereocenters. The quantitative estimate of drug-likeness (QED) is 0.191. The van der Waals surface area contributed by atoms with Crippen molar-refractivity contribution in [1.29, 1.82) is 0 Å². The highest BCUT2D eigenvalue weighted by Crippen LogP contribution is 2.35. The minimum Gasteiger partial charge on any atom is -0.496 e. The predicted molar refractivity (Wildman–Crippen MR) is 142 cm³/mol. The topological polar surface area (TPSA) is 159 Å². The maximum absolute atomic E-state index is 15.3. The van der Waals surface area contributed by atoms with Crippen LogP contribution in [0.2, 0.25) is 0 Å². The molecule has 4 rings (SSSR count). The van der Waals surface area contributed by atoms with Crippen molar-refractivity contribution in [2.24, 2.45) is 0 Å². The lowest BCUT2D eigenvalue weighted by Gasteiger charge is -2.16. The number of nitrogens with zero attached hydrogens (tertiary/aromatic N) is 1. The molecule has 0 bridgehead atoms. The maximum Gasteiger partial charge on any atom is 0.343 e. The number of urea groups is 1. The van der Waals surface area contributed by atoms with E-state index < -0.39 is 63.9 Å². The van der Waals surface area contributed by atoms with Gasteiger partial charge in [0.15, 0.2) is 29.0 Å². The first-order chi connectivity index (χ1) is 20.1. The number of aromatic amines is 1. The van der Waals surface area contributed by atoms with Crippen LogP contribution in [-0.4, -0.2) is 50.0 Å². The van der Waals surface area contributed by atoms with Gasteiger partial charge in [-0.15, -0.1) is 0 Å². The van der Waals surface area contributed by atoms with Crippen molar-refractivity contribution in [2.45, 2.75) is 6.61 Å². The Bertz CT molecular complexity index is 1820. The molecule has 2 aromatic carbocycles. The Morgan fingerprint density at radius 2 is 1.69 bits per heavy atom. The van der Waals surface area contributed by atoms with E-state index in [2.05, 4.69) is 15.1 Å². The lowest BCUT2D eigenvalue weighted by Crippen LogP contribution is -2.34. The Kier molecular flexibility index (Phi) is 8.72. The lowest BCUT2D eigenvalue weighted by molar-refractivity contribution is 0.0604. The average molecular weight is 611 g/mol. The van der Waals surface area contributed by atoms with Gasteiger partial charge in [-0.25, -0.2) is 37.6 Å². The minimum absolute atomic E-state index is 0.0373. The molecule has 0 aliphatic heterocycles. The number of hydrogen-bond acceptors (Lipinski definition) is 10. The molecule has 0 saturated carbocycles. The number of aromatic nitrogens is 2. The second-order valence-corrected chi connectivity index (χ2v) is 9.14. The Morgan fingerprint density at radius 1 is 0.976 bits per heavy atom. The van der Waals surface area contributed by atoms with E-state index in [1.165, 1.54) is 20.3 Å². The SMILES string of the molecule is CONC(=O)Nc1sc2[nH]c(=O)n(-c3cc(OCc4c(OC)ccc(F)c4F)c(OC)cc3F)c(=O)c2c1C(=O)OC. The number of amides is 2. The molecule has 2 heterocycles. The van der Waals surface area contributed by atoms with Crippen LogP contribution in [0.4, 0.5) is 23.0 Å². The van der Waals surface area contributed by atoms with Crippen molar-refractivity contribution in [1.82, 2.24) is 15.0 Å². The molecule has 3 N–H and O–H groups in total. The third-order valence-corrected chi connectivity index (χ3v) is 6.80. The largest absolute Gasteiger partial charge is 0.496 e. The third-order valence-electron chi connectivity index (χ3n) is 5.78. The van der Waals surface area contributed by atoms with E-state index in [1.54, 1.807) is 0 Å². The summed E-state index contributed by atoms with van der Waals surface area (Å²) in [6.07, 6.45) is 0. The van der Waals surface area contributed by atoms with Gasteiger partial charge in [0.2, 0.25) is 0 Å². The molecule has 222 valence electrons. The van der Waals surface area contributed by atoms with Crippen LogP contribution in [0.5, 0.6) is 17.2 Å². The molecule has 0 unspecified atom stereocenters. The number of rotatable bonds is 9. The zero-order valence-electron chi connectivity index (χ0n) is 22.2. The summed E-state index contributed by atoms with van der Waals surface area (Å²) in [4.78, 5) is 58.0. The molecule has 2 aromatic heterocycles. The Morgan fingerprint density at radius 3 is 2.33 bits per heavy atom. The molecular weight excluding hydrogens is 589 g/mol. The number of esters is 1. The summed E-state index contributed by atoms with van der Waals surface area (Å²) in [6.45, 7) is -0.617. The average Bonchev–Trinajstić information content (AvgIpc) is 3.31. The molecular formula is C25H21F3N4O9S. The summed E-state index contributed by atoms with van der Waals surface area (Å²) in [5, 5.41) is 1.72. The normalized spacial score (nSPS) is 10.8. The first-order valence-electron chi connectivity index (χ1n) is 11.6. The number of halogens is 3. The van der Waals surface area contributed by atoms with Crippen LogP contribution in [0.3, 0.4) is 0 Å². The fraction of sp³-hybridized carbons (Fsp3) is 0.200. The van der Waals surface area contributed by atoms with Crippen LogP contribution in [0, 0.1) is 17.5 Å². The first kappa shape index (κ1) is 29.9. The summed E-state index contributed by atoms with van der Waals surface area (Å²) in [5.74, 6) is -5.08. The van der Waals surface area contributed by atoms with E-state index in [0.29, 0.717) is 15.9 Å². The van der Waals surface area contributed by atoms with E-state index in [0.717, 1.165) is 32.4 Å². The van der Waals surface area contributed by atoms with Crippen LogP contribution < -0.4 is 36.3 Å². The summed E-state index contributed by atoms with van der Waals surface area (Å²) in [5.41, 5.74) is -1.67. The van der Waals surface area contributed by atoms with E-state index in [4.69, 9.17) is 18.9 Å². The monoisotopic (exact) mass is 610 g/mol. The van der Waals surface area contributed by atoms with Crippen molar-refractivity contribution in [3.63, 3.8) is 0 Å². The molecule has 0 aliphatic carbocycles. The van der Waals surface area contributed by atoms with Crippen molar-refractivity contribution in [2.75, 3.05) is 33.8 Å². The van der Waals surface area contributed by atoms with Crippen molar-refractivity contribution in [3.8, 4) is 22.9 Å². The van der Waals surface area contributed by atoms with E-state index >= 15 is 4.39 Å². The molecule has 2 amide bonds. The Labute approximate surface area is 237 Å². The Balaban J connectivity index is 1.88. The number of anilines is 1. The zero-order valence-corrected chi connectivity index (χ0v) is 23.0. The van der Waals surface area contributed by atoms with Crippen LogP contribution in [-0.2, 0) is 16.2 Å². The van der Waals surface area contributed by atoms with Gasteiger partial charge >= 0.3 is 17.7 Å². The summed E-state index contributed by atoms with van der Waals surface area (Å²) in [6, 6.07) is 2.86. The fourth-order valence-corrected chi connectivity index (χ4v) is 4.99. The first-order valence-corrected chi connectivity index (χ1v) is 12.4. The summed E-state index contributed by atoms with van der Waals surface area (Å²) in [7, 11) is 4.60. The number of hydrogen-bond donors (Lipinski definition) is 3. The number of thiophene rings is 1. The number of ether oxygens (including phenoxy) is 4. The van der Waals surface area contributed by atoms with Crippen LogP contribution in [0.25, 0.3) is 15.9 Å². The van der Waals surface area contributed by atoms with Crippen LogP contribution in [0.1, 0.15) is 15.9 Å². The molecule has 4 aromatic rings. The fourth-order valence-electron chi connectivity index (χ4n) is 3.92. The van der Waals surface area contributed by atoms with Gasteiger partial charge in [-0.3, -0.25) is 19.9 Å². The van der Waals surface area contributed by atoms with E-state index in [-0.39, 0.29) is 32.6 Å². The molecule has 17 heteroatoms. The van der Waals surface area contributed by atoms with Crippen LogP contribution >= 0.6 is 11.3 Å². The number of methoxy groups -OCH3 is 3. The van der Waals surface area contributed by atoms with Gasteiger partial charge in [-0.05, 0) is 12.1 Å². The van der Waals surface area contributed by atoms with Gasteiger partial charge in [0.1, 0.15) is 27.8 Å². The van der Waals surface area contributed by atoms with Gasteiger partial charge in [0.25, 0.3) is 5.56 Å². The number of hydroxylamine groups is 1. The number of H-pyrrole nitrogens is 1. The number of nitrogens with one attached hydrogen (secondary N) is 3. The predicted octanol–water partition coefficient (Wildman–Crippen LogP) is 3.22. The highest BCUT2D eigenvalue weighted by molar-refractivity contribution is 7.23. The van der Waals surface area contributed by atoms with Gasteiger partial charge in [-0.1, -0.05) is 11.3 Å².